The zero-order valence-corrected chi connectivity index (χ0v) is 9.49. The Morgan fingerprint density at radius 1 is 1.46 bits per heavy atom. The summed E-state index contributed by atoms with van der Waals surface area (Å²) >= 11 is 5.29. The molecule has 0 amide bonds. The van der Waals surface area contributed by atoms with Gasteiger partial charge in [-0.3, -0.25) is 0 Å². The Kier molecular flexibility index (Phi) is 4.50. The summed E-state index contributed by atoms with van der Waals surface area (Å²) in [6, 6.07) is 0.692. The van der Waals surface area contributed by atoms with Gasteiger partial charge in [-0.15, -0.1) is 0 Å². The van der Waals surface area contributed by atoms with Gasteiger partial charge in [0.05, 0.1) is 0 Å². The first-order valence-corrected chi connectivity index (χ1v) is 5.67. The Bertz CT molecular complexity index is 164. The highest BCUT2D eigenvalue weighted by molar-refractivity contribution is 7.80. The number of nitrogens with zero attached hydrogens (tertiary/aromatic N) is 1. The zero-order valence-electron chi connectivity index (χ0n) is 8.68. The lowest BCUT2D eigenvalue weighted by atomic mass is 10.2. The minimum atomic E-state index is 0.692. The number of hydrogen-bond acceptors (Lipinski definition) is 1. The molecule has 1 fully saturated rings. The summed E-state index contributed by atoms with van der Waals surface area (Å²) in [5, 5.41) is 4.19. The molecule has 0 radical (unpaired) electrons. The maximum absolute atomic E-state index is 5.29. The summed E-state index contributed by atoms with van der Waals surface area (Å²) in [5.74, 6) is 0. The third kappa shape index (κ3) is 3.14. The summed E-state index contributed by atoms with van der Waals surface area (Å²) in [4.78, 5) is 2.23. The van der Waals surface area contributed by atoms with E-state index in [0.29, 0.717) is 6.04 Å². The molecule has 3 heteroatoms. The molecular formula is C10H20N2S. The molecule has 0 atom stereocenters. The van der Waals surface area contributed by atoms with Gasteiger partial charge in [0.2, 0.25) is 0 Å². The van der Waals surface area contributed by atoms with Crippen LogP contribution in [-0.2, 0) is 0 Å². The average molecular weight is 200 g/mol. The van der Waals surface area contributed by atoms with E-state index in [9.17, 15) is 0 Å². The lowest BCUT2D eigenvalue weighted by Crippen LogP contribution is -2.42. The molecule has 0 bridgehead atoms. The van der Waals surface area contributed by atoms with Crippen molar-refractivity contribution in [3.63, 3.8) is 0 Å². The van der Waals surface area contributed by atoms with Crippen LogP contribution in [0.3, 0.4) is 0 Å². The van der Waals surface area contributed by atoms with Crippen molar-refractivity contribution in [2.45, 2.75) is 45.1 Å². The maximum Gasteiger partial charge on any atom is 0.168 e. The number of nitrogens with one attached hydrogen (secondary N) is 1. The van der Waals surface area contributed by atoms with Gasteiger partial charge in [0.1, 0.15) is 0 Å². The molecular weight excluding hydrogens is 180 g/mol. The first kappa shape index (κ1) is 10.8. The Morgan fingerprint density at radius 2 is 2.08 bits per heavy atom. The summed E-state index contributed by atoms with van der Waals surface area (Å²) < 4.78 is 0. The third-order valence-electron chi connectivity index (χ3n) is 2.72. The number of thiocarbonyl (C=S) groups is 1. The van der Waals surface area contributed by atoms with Gasteiger partial charge in [0, 0.05) is 19.6 Å². The third-order valence-corrected chi connectivity index (χ3v) is 3.15. The Balaban J connectivity index is 2.28. The molecule has 0 aromatic heterocycles. The Labute approximate surface area is 86.7 Å². The van der Waals surface area contributed by atoms with Crippen LogP contribution in [0.5, 0.6) is 0 Å². The molecule has 0 aliphatic heterocycles. The van der Waals surface area contributed by atoms with Gasteiger partial charge in [-0.1, -0.05) is 19.8 Å². The van der Waals surface area contributed by atoms with Gasteiger partial charge < -0.3 is 10.2 Å². The minimum Gasteiger partial charge on any atom is -0.363 e. The second kappa shape index (κ2) is 5.43. The van der Waals surface area contributed by atoms with Gasteiger partial charge in [-0.05, 0) is 31.5 Å². The Morgan fingerprint density at radius 3 is 2.62 bits per heavy atom. The molecule has 2 nitrogen and oxygen atoms in total. The van der Waals surface area contributed by atoms with Gasteiger partial charge >= 0.3 is 0 Å². The quantitative estimate of drug-likeness (QED) is 0.703. The van der Waals surface area contributed by atoms with Gasteiger partial charge in [-0.25, -0.2) is 0 Å². The molecule has 13 heavy (non-hydrogen) atoms. The molecule has 76 valence electrons. The molecule has 1 aliphatic rings. The van der Waals surface area contributed by atoms with Crippen LogP contribution in [0.15, 0.2) is 0 Å². The van der Waals surface area contributed by atoms with Crippen molar-refractivity contribution in [1.82, 2.24) is 10.2 Å². The molecule has 0 unspecified atom stereocenters. The van der Waals surface area contributed by atoms with Crippen molar-refractivity contribution >= 4 is 17.3 Å². The molecule has 0 aromatic carbocycles. The first-order chi connectivity index (χ1) is 6.25. The predicted molar refractivity (Wildman–Crippen MR) is 60.9 cm³/mol. The van der Waals surface area contributed by atoms with Gasteiger partial charge in [-0.2, -0.15) is 0 Å². The first-order valence-electron chi connectivity index (χ1n) is 5.26. The maximum atomic E-state index is 5.29. The number of rotatable bonds is 3. The van der Waals surface area contributed by atoms with E-state index < -0.39 is 0 Å². The van der Waals surface area contributed by atoms with Gasteiger partial charge in [0.15, 0.2) is 5.11 Å². The summed E-state index contributed by atoms with van der Waals surface area (Å²) in [6.45, 7) is 3.15. The SMILES string of the molecule is CCCNC(=S)N(C)C1CCCC1. The van der Waals surface area contributed by atoms with Crippen LogP contribution in [0.2, 0.25) is 0 Å². The van der Waals surface area contributed by atoms with Crippen LogP contribution in [0.4, 0.5) is 0 Å². The zero-order chi connectivity index (χ0) is 9.68. The highest BCUT2D eigenvalue weighted by atomic mass is 32.1. The molecule has 1 saturated carbocycles. The van der Waals surface area contributed by atoms with Crippen molar-refractivity contribution in [2.75, 3.05) is 13.6 Å². The van der Waals surface area contributed by atoms with E-state index in [1.807, 2.05) is 0 Å². The molecule has 0 spiro atoms. The molecule has 0 heterocycles. The normalized spacial score (nSPS) is 17.4. The van der Waals surface area contributed by atoms with Crippen LogP contribution in [-0.4, -0.2) is 29.6 Å². The summed E-state index contributed by atoms with van der Waals surface area (Å²) in [7, 11) is 2.11. The van der Waals surface area contributed by atoms with Crippen molar-refractivity contribution < 1.29 is 0 Å². The lowest BCUT2D eigenvalue weighted by molar-refractivity contribution is 0.366. The van der Waals surface area contributed by atoms with E-state index >= 15 is 0 Å². The Hall–Kier alpha value is -0.310. The van der Waals surface area contributed by atoms with E-state index in [1.54, 1.807) is 0 Å². The van der Waals surface area contributed by atoms with Crippen molar-refractivity contribution in [3.8, 4) is 0 Å². The highest BCUT2D eigenvalue weighted by Crippen LogP contribution is 2.22. The summed E-state index contributed by atoms with van der Waals surface area (Å²) in [5.41, 5.74) is 0. The smallest absolute Gasteiger partial charge is 0.168 e. The predicted octanol–water partition coefficient (Wildman–Crippen LogP) is 2.15. The van der Waals surface area contributed by atoms with Crippen molar-refractivity contribution in [2.24, 2.45) is 0 Å². The topological polar surface area (TPSA) is 15.3 Å². The molecule has 1 rings (SSSR count). The largest absolute Gasteiger partial charge is 0.363 e. The monoisotopic (exact) mass is 200 g/mol. The van der Waals surface area contributed by atoms with E-state index in [1.165, 1.54) is 25.7 Å². The fourth-order valence-corrected chi connectivity index (χ4v) is 2.07. The molecule has 1 N–H and O–H groups in total. The lowest BCUT2D eigenvalue weighted by Gasteiger charge is -2.27. The molecule has 0 aromatic rings. The van der Waals surface area contributed by atoms with E-state index in [4.69, 9.17) is 12.2 Å². The minimum absolute atomic E-state index is 0.692. The average Bonchev–Trinajstić information content (AvgIpc) is 2.65. The van der Waals surface area contributed by atoms with Crippen LogP contribution in [0.25, 0.3) is 0 Å². The highest BCUT2D eigenvalue weighted by Gasteiger charge is 2.20. The molecule has 1 aliphatic carbocycles. The fourth-order valence-electron chi connectivity index (χ4n) is 1.81. The van der Waals surface area contributed by atoms with E-state index in [2.05, 4.69) is 24.2 Å². The van der Waals surface area contributed by atoms with Crippen LogP contribution >= 0.6 is 12.2 Å². The second-order valence-corrected chi connectivity index (χ2v) is 4.17. The van der Waals surface area contributed by atoms with Gasteiger partial charge in [0.25, 0.3) is 0 Å². The van der Waals surface area contributed by atoms with Crippen molar-refractivity contribution in [1.29, 1.82) is 0 Å². The van der Waals surface area contributed by atoms with Crippen LogP contribution < -0.4 is 5.32 Å². The second-order valence-electron chi connectivity index (χ2n) is 3.78. The molecule has 0 saturated heterocycles. The van der Waals surface area contributed by atoms with Crippen LogP contribution in [0, 0.1) is 0 Å². The van der Waals surface area contributed by atoms with Crippen LogP contribution in [0.1, 0.15) is 39.0 Å². The standard InChI is InChI=1S/C10H20N2S/c1-3-8-11-10(13)12(2)9-6-4-5-7-9/h9H,3-8H2,1-2H3,(H,11,13). The van der Waals surface area contributed by atoms with E-state index in [-0.39, 0.29) is 0 Å². The summed E-state index contributed by atoms with van der Waals surface area (Å²) in [6.07, 6.45) is 6.49. The van der Waals surface area contributed by atoms with E-state index in [0.717, 1.165) is 18.1 Å². The van der Waals surface area contributed by atoms with Crippen molar-refractivity contribution in [3.05, 3.63) is 0 Å². The number of hydrogen-bond donors (Lipinski definition) is 1. The fraction of sp³-hybridized carbons (Fsp3) is 0.900.